The number of carbonyl (C=O) groups excluding carboxylic acids is 2. The summed E-state index contributed by atoms with van der Waals surface area (Å²) in [5.74, 6) is 1.83. The predicted molar refractivity (Wildman–Crippen MR) is 159 cm³/mol. The minimum absolute atomic E-state index is 0.0908. The van der Waals surface area contributed by atoms with Crippen LogP contribution in [-0.4, -0.2) is 57.0 Å². The molecule has 0 bridgehead atoms. The molecule has 0 saturated carbocycles. The topological polar surface area (TPSA) is 106 Å². The highest BCUT2D eigenvalue weighted by molar-refractivity contribution is 5.95. The minimum Gasteiger partial charge on any atom is -0.454 e. The van der Waals surface area contributed by atoms with Crippen molar-refractivity contribution in [3.63, 3.8) is 0 Å². The van der Waals surface area contributed by atoms with Gasteiger partial charge in [0, 0.05) is 31.7 Å². The van der Waals surface area contributed by atoms with Crippen LogP contribution < -0.4 is 25.4 Å². The van der Waals surface area contributed by atoms with E-state index < -0.39 is 6.09 Å². The van der Waals surface area contributed by atoms with Crippen LogP contribution >= 0.6 is 0 Å². The van der Waals surface area contributed by atoms with Crippen LogP contribution in [0.15, 0.2) is 60.7 Å². The SMILES string of the molecule is COC(=O)Nc1cc(-c2cccc(CN(CCCN)C(=O)c3ccc4c(c3)OCO4)c2)ccc1N1CCC(C)CC1. The third kappa shape index (κ3) is 6.74. The van der Waals surface area contributed by atoms with Crippen LogP contribution in [0.25, 0.3) is 11.1 Å². The summed E-state index contributed by atoms with van der Waals surface area (Å²) in [4.78, 5) is 29.9. The zero-order chi connectivity index (χ0) is 28.8. The number of carbonyl (C=O) groups is 2. The maximum Gasteiger partial charge on any atom is 0.411 e. The van der Waals surface area contributed by atoms with Gasteiger partial charge in [0.25, 0.3) is 5.91 Å². The van der Waals surface area contributed by atoms with Gasteiger partial charge in [-0.15, -0.1) is 0 Å². The molecule has 2 aliphatic heterocycles. The molecular weight excluding hydrogens is 520 g/mol. The first-order valence-electron chi connectivity index (χ1n) is 14.2. The van der Waals surface area contributed by atoms with E-state index in [1.54, 1.807) is 18.2 Å². The second kappa shape index (κ2) is 13.0. The number of ether oxygens (including phenoxy) is 3. The molecule has 2 amide bonds. The van der Waals surface area contributed by atoms with Crippen LogP contribution in [0.3, 0.4) is 0 Å². The third-order valence-corrected chi connectivity index (χ3v) is 7.72. The van der Waals surface area contributed by atoms with Gasteiger partial charge in [0.1, 0.15) is 0 Å². The van der Waals surface area contributed by atoms with Crippen molar-refractivity contribution in [2.75, 3.05) is 50.3 Å². The molecule has 0 aliphatic carbocycles. The Labute approximate surface area is 241 Å². The second-order valence-corrected chi connectivity index (χ2v) is 10.7. The van der Waals surface area contributed by atoms with Crippen molar-refractivity contribution >= 4 is 23.4 Å². The molecule has 9 nitrogen and oxygen atoms in total. The molecule has 2 aliphatic rings. The number of rotatable bonds is 9. The molecule has 0 spiro atoms. The highest BCUT2D eigenvalue weighted by atomic mass is 16.7. The summed E-state index contributed by atoms with van der Waals surface area (Å²) in [5, 5.41) is 2.91. The highest BCUT2D eigenvalue weighted by Gasteiger charge is 2.22. The smallest absolute Gasteiger partial charge is 0.411 e. The van der Waals surface area contributed by atoms with Crippen molar-refractivity contribution in [3.8, 4) is 22.6 Å². The summed E-state index contributed by atoms with van der Waals surface area (Å²) in [6.07, 6.45) is 2.43. The predicted octanol–water partition coefficient (Wildman–Crippen LogP) is 5.49. The minimum atomic E-state index is -0.500. The molecule has 1 fully saturated rings. The summed E-state index contributed by atoms with van der Waals surface area (Å²) in [6.45, 7) is 5.78. The summed E-state index contributed by atoms with van der Waals surface area (Å²) in [5.41, 5.74) is 11.0. The lowest BCUT2D eigenvalue weighted by Gasteiger charge is -2.33. The van der Waals surface area contributed by atoms with Gasteiger partial charge in [-0.05, 0) is 84.8 Å². The maximum atomic E-state index is 13.5. The number of piperidine rings is 1. The summed E-state index contributed by atoms with van der Waals surface area (Å²) in [7, 11) is 1.37. The van der Waals surface area contributed by atoms with Gasteiger partial charge in [0.2, 0.25) is 6.79 Å². The molecule has 3 aromatic carbocycles. The van der Waals surface area contributed by atoms with Gasteiger partial charge in [-0.3, -0.25) is 10.1 Å². The molecule has 9 heteroatoms. The van der Waals surface area contributed by atoms with E-state index in [9.17, 15) is 9.59 Å². The molecule has 216 valence electrons. The van der Waals surface area contributed by atoms with Gasteiger partial charge in [0.15, 0.2) is 11.5 Å². The zero-order valence-corrected chi connectivity index (χ0v) is 23.7. The third-order valence-electron chi connectivity index (χ3n) is 7.72. The first-order chi connectivity index (χ1) is 19.9. The van der Waals surface area contributed by atoms with E-state index in [0.29, 0.717) is 49.0 Å². The number of nitrogens with zero attached hydrogens (tertiary/aromatic N) is 2. The lowest BCUT2D eigenvalue weighted by atomic mass is 9.97. The fourth-order valence-electron chi connectivity index (χ4n) is 5.32. The van der Waals surface area contributed by atoms with Gasteiger partial charge >= 0.3 is 6.09 Å². The molecule has 1 saturated heterocycles. The molecule has 5 rings (SSSR count). The fraction of sp³-hybridized carbons (Fsp3) is 0.375. The van der Waals surface area contributed by atoms with Crippen LogP contribution in [0, 0.1) is 5.92 Å². The number of fused-ring (bicyclic) bond motifs is 1. The zero-order valence-electron chi connectivity index (χ0n) is 23.7. The number of anilines is 2. The first kappa shape index (κ1) is 28.3. The van der Waals surface area contributed by atoms with Crippen molar-refractivity contribution in [2.24, 2.45) is 11.7 Å². The van der Waals surface area contributed by atoms with Crippen molar-refractivity contribution in [1.82, 2.24) is 4.90 Å². The van der Waals surface area contributed by atoms with E-state index in [0.717, 1.165) is 54.0 Å². The van der Waals surface area contributed by atoms with E-state index in [4.69, 9.17) is 19.9 Å². The van der Waals surface area contributed by atoms with Crippen LogP contribution in [0.5, 0.6) is 11.5 Å². The van der Waals surface area contributed by atoms with Crippen LogP contribution in [0.4, 0.5) is 16.2 Å². The number of hydrogen-bond donors (Lipinski definition) is 2. The summed E-state index contributed by atoms with van der Waals surface area (Å²) < 4.78 is 15.8. The summed E-state index contributed by atoms with van der Waals surface area (Å²) >= 11 is 0. The van der Waals surface area contributed by atoms with Crippen molar-refractivity contribution in [1.29, 1.82) is 0 Å². The molecule has 0 unspecified atom stereocenters. The van der Waals surface area contributed by atoms with Gasteiger partial charge in [0.05, 0.1) is 18.5 Å². The van der Waals surface area contributed by atoms with Gasteiger partial charge in [-0.2, -0.15) is 0 Å². The molecule has 3 N–H and O–H groups in total. The van der Waals surface area contributed by atoms with Gasteiger partial charge in [-0.1, -0.05) is 31.2 Å². The normalized spacial score (nSPS) is 14.6. The average molecular weight is 559 g/mol. The van der Waals surface area contributed by atoms with Crippen LogP contribution in [0.1, 0.15) is 42.1 Å². The van der Waals surface area contributed by atoms with E-state index in [1.165, 1.54) is 7.11 Å². The molecule has 41 heavy (non-hydrogen) atoms. The molecule has 2 heterocycles. The van der Waals surface area contributed by atoms with Crippen molar-refractivity contribution in [2.45, 2.75) is 32.7 Å². The number of methoxy groups -OCH3 is 1. The summed E-state index contributed by atoms with van der Waals surface area (Å²) in [6, 6.07) is 19.5. The lowest BCUT2D eigenvalue weighted by molar-refractivity contribution is 0.0741. The van der Waals surface area contributed by atoms with Gasteiger partial charge < -0.3 is 29.7 Å². The van der Waals surface area contributed by atoms with Crippen molar-refractivity contribution < 1.29 is 23.8 Å². The van der Waals surface area contributed by atoms with Crippen LogP contribution in [-0.2, 0) is 11.3 Å². The largest absolute Gasteiger partial charge is 0.454 e. The molecular formula is C32H38N4O5. The van der Waals surface area contributed by atoms with E-state index in [2.05, 4.69) is 35.3 Å². The number of hydrogen-bond acceptors (Lipinski definition) is 7. The quantitative estimate of drug-likeness (QED) is 0.358. The molecule has 0 radical (unpaired) electrons. The Hall–Kier alpha value is -4.24. The molecule has 0 atom stereocenters. The number of nitrogens with two attached hydrogens (primary N) is 1. The van der Waals surface area contributed by atoms with Crippen LogP contribution in [0.2, 0.25) is 0 Å². The number of benzene rings is 3. The average Bonchev–Trinajstić information content (AvgIpc) is 3.47. The second-order valence-electron chi connectivity index (χ2n) is 10.7. The Morgan fingerprint density at radius 2 is 1.80 bits per heavy atom. The lowest BCUT2D eigenvalue weighted by Crippen LogP contribution is -2.33. The maximum absolute atomic E-state index is 13.5. The Morgan fingerprint density at radius 3 is 2.59 bits per heavy atom. The fourth-order valence-corrected chi connectivity index (χ4v) is 5.32. The standard InChI is InChI=1S/C32H38N4O5/c1-22-11-15-35(16-12-22)28-9-7-25(18-27(28)34-32(38)39-2)24-6-3-5-23(17-24)20-36(14-4-13-33)31(37)26-8-10-29-30(19-26)41-21-40-29/h3,5-10,17-19,22H,4,11-16,20-21,33H2,1-2H3,(H,34,38). The molecule has 0 aromatic heterocycles. The first-order valence-corrected chi connectivity index (χ1v) is 14.2. The number of amides is 2. The monoisotopic (exact) mass is 558 g/mol. The van der Waals surface area contributed by atoms with E-state index >= 15 is 0 Å². The number of nitrogens with one attached hydrogen (secondary N) is 1. The van der Waals surface area contributed by atoms with Gasteiger partial charge in [-0.25, -0.2) is 4.79 Å². The van der Waals surface area contributed by atoms with Crippen molar-refractivity contribution in [3.05, 3.63) is 71.8 Å². The van der Waals surface area contributed by atoms with E-state index in [1.807, 2.05) is 29.2 Å². The van der Waals surface area contributed by atoms with E-state index in [-0.39, 0.29) is 12.7 Å². The highest BCUT2D eigenvalue weighted by Crippen LogP contribution is 2.35. The molecule has 3 aromatic rings. The Bertz CT molecular complexity index is 1390. The Balaban J connectivity index is 1.39. The Morgan fingerprint density at radius 1 is 1.02 bits per heavy atom. The Kier molecular flexibility index (Phi) is 8.94.